The molecule has 6 heteroatoms. The van der Waals surface area contributed by atoms with Gasteiger partial charge in [-0.1, -0.05) is 0 Å². The van der Waals surface area contributed by atoms with E-state index in [2.05, 4.69) is 16.1 Å². The molecule has 2 heterocycles. The summed E-state index contributed by atoms with van der Waals surface area (Å²) < 4.78 is 1.74. The summed E-state index contributed by atoms with van der Waals surface area (Å²) in [5.74, 6) is 0.0527. The fraction of sp³-hybridized carbons (Fsp3) is 0.667. The van der Waals surface area contributed by atoms with Crippen LogP contribution in [0.1, 0.15) is 24.2 Å². The summed E-state index contributed by atoms with van der Waals surface area (Å²) in [6.45, 7) is 6.19. The fourth-order valence-electron chi connectivity index (χ4n) is 3.04. The highest BCUT2D eigenvalue weighted by Gasteiger charge is 2.38. The van der Waals surface area contributed by atoms with Crippen LogP contribution in [0.3, 0.4) is 0 Å². The van der Waals surface area contributed by atoms with E-state index in [0.717, 1.165) is 17.9 Å². The molecule has 1 aromatic heterocycles. The van der Waals surface area contributed by atoms with Crippen LogP contribution in [0.25, 0.3) is 0 Å². The second-order valence-electron chi connectivity index (χ2n) is 6.04. The maximum absolute atomic E-state index is 12.4. The Hall–Kier alpha value is -1.87. The Balaban J connectivity index is 1.63. The molecule has 1 amide bonds. The third-order valence-electron chi connectivity index (χ3n) is 4.33. The predicted octanol–water partition coefficient (Wildman–Crippen LogP) is 0.699. The van der Waals surface area contributed by atoms with Crippen LogP contribution < -0.4 is 0 Å². The van der Waals surface area contributed by atoms with Crippen LogP contribution in [0, 0.1) is 25.2 Å². The van der Waals surface area contributed by atoms with Crippen molar-refractivity contribution in [2.75, 3.05) is 19.6 Å². The molecule has 0 bridgehead atoms. The van der Waals surface area contributed by atoms with Crippen molar-refractivity contribution in [3.05, 3.63) is 17.5 Å². The van der Waals surface area contributed by atoms with Crippen LogP contribution in [0.4, 0.5) is 0 Å². The summed E-state index contributed by atoms with van der Waals surface area (Å²) in [4.78, 5) is 16.5. The topological polar surface area (TPSA) is 65.2 Å². The Morgan fingerprint density at radius 2 is 2.19 bits per heavy atom. The van der Waals surface area contributed by atoms with Crippen molar-refractivity contribution in [1.29, 1.82) is 5.26 Å². The van der Waals surface area contributed by atoms with Crippen LogP contribution in [0.2, 0.25) is 0 Å². The first kappa shape index (κ1) is 14.1. The molecule has 1 saturated carbocycles. The molecule has 112 valence electrons. The molecule has 1 aliphatic heterocycles. The summed E-state index contributed by atoms with van der Waals surface area (Å²) in [6.07, 6.45) is 2.38. The van der Waals surface area contributed by atoms with E-state index in [0.29, 0.717) is 19.1 Å². The van der Waals surface area contributed by atoms with E-state index in [1.807, 2.05) is 24.8 Å². The minimum atomic E-state index is -0.157. The van der Waals surface area contributed by atoms with Crippen LogP contribution in [0.5, 0.6) is 0 Å². The molecule has 0 N–H and O–H groups in total. The van der Waals surface area contributed by atoms with Gasteiger partial charge in [-0.3, -0.25) is 14.4 Å². The molecule has 0 spiro atoms. The van der Waals surface area contributed by atoms with Gasteiger partial charge in [0.1, 0.15) is 12.6 Å². The number of nitrogens with zero attached hydrogens (tertiary/aromatic N) is 5. The van der Waals surface area contributed by atoms with Gasteiger partial charge in [0, 0.05) is 31.4 Å². The average molecular weight is 287 g/mol. The molecule has 21 heavy (non-hydrogen) atoms. The van der Waals surface area contributed by atoms with E-state index in [4.69, 9.17) is 0 Å². The summed E-state index contributed by atoms with van der Waals surface area (Å²) in [5.41, 5.74) is 1.92. The molecule has 0 radical (unpaired) electrons. The minimum Gasteiger partial charge on any atom is -0.337 e. The zero-order valence-electron chi connectivity index (χ0n) is 12.6. The largest absolute Gasteiger partial charge is 0.337 e. The molecule has 1 aliphatic carbocycles. The Morgan fingerprint density at radius 1 is 1.43 bits per heavy atom. The minimum absolute atomic E-state index is 0.0527. The van der Waals surface area contributed by atoms with Crippen LogP contribution in [-0.4, -0.2) is 57.2 Å². The lowest BCUT2D eigenvalue weighted by Crippen LogP contribution is -2.55. The number of carbonyl (C=O) groups excluding carboxylic acids is 1. The first-order chi connectivity index (χ1) is 10.1. The molecule has 0 aromatic carbocycles. The van der Waals surface area contributed by atoms with E-state index in [-0.39, 0.29) is 18.5 Å². The standard InChI is InChI=1S/C15H21N5O/c1-11-7-12(2)20(17-11)10-15(21)18-5-6-19(13-3-4-13)14(8-16)9-18/h7,13-14H,3-6,9-10H2,1-2H3. The van der Waals surface area contributed by atoms with Gasteiger partial charge in [-0.2, -0.15) is 10.4 Å². The number of amides is 1. The highest BCUT2D eigenvalue weighted by molar-refractivity contribution is 5.76. The van der Waals surface area contributed by atoms with Crippen molar-refractivity contribution in [3.63, 3.8) is 0 Å². The maximum atomic E-state index is 12.4. The first-order valence-corrected chi connectivity index (χ1v) is 7.52. The van der Waals surface area contributed by atoms with Crippen molar-refractivity contribution in [1.82, 2.24) is 19.6 Å². The average Bonchev–Trinajstić information content (AvgIpc) is 3.25. The lowest BCUT2D eigenvalue weighted by molar-refractivity contribution is -0.134. The number of aromatic nitrogens is 2. The molecular formula is C15H21N5O. The predicted molar refractivity (Wildman–Crippen MR) is 77.4 cm³/mol. The highest BCUT2D eigenvalue weighted by Crippen LogP contribution is 2.30. The molecule has 6 nitrogen and oxygen atoms in total. The van der Waals surface area contributed by atoms with Crippen LogP contribution in [0.15, 0.2) is 6.07 Å². The number of piperazine rings is 1. The Kier molecular flexibility index (Phi) is 3.68. The molecule has 2 aliphatic rings. The van der Waals surface area contributed by atoms with Gasteiger partial charge in [0.25, 0.3) is 0 Å². The Morgan fingerprint density at radius 3 is 2.76 bits per heavy atom. The SMILES string of the molecule is Cc1cc(C)n(CC(=O)N2CCN(C3CC3)C(C#N)C2)n1. The quantitative estimate of drug-likeness (QED) is 0.821. The van der Waals surface area contributed by atoms with Gasteiger partial charge in [-0.05, 0) is 32.8 Å². The lowest BCUT2D eigenvalue weighted by Gasteiger charge is -2.38. The zero-order valence-corrected chi connectivity index (χ0v) is 12.6. The van der Waals surface area contributed by atoms with Crippen LogP contribution >= 0.6 is 0 Å². The van der Waals surface area contributed by atoms with Crippen molar-refractivity contribution in [2.45, 2.75) is 45.3 Å². The first-order valence-electron chi connectivity index (χ1n) is 7.52. The second-order valence-corrected chi connectivity index (χ2v) is 6.04. The van der Waals surface area contributed by atoms with E-state index < -0.39 is 0 Å². The van der Waals surface area contributed by atoms with Crippen molar-refractivity contribution in [3.8, 4) is 6.07 Å². The van der Waals surface area contributed by atoms with Crippen molar-refractivity contribution >= 4 is 5.91 Å². The summed E-state index contributed by atoms with van der Waals surface area (Å²) in [6, 6.07) is 4.73. The second kappa shape index (κ2) is 5.49. The van der Waals surface area contributed by atoms with Gasteiger partial charge in [0.2, 0.25) is 5.91 Å². The molecule has 3 rings (SSSR count). The number of hydrogen-bond donors (Lipinski definition) is 0. The van der Waals surface area contributed by atoms with E-state index in [1.165, 1.54) is 12.8 Å². The molecule has 1 aromatic rings. The number of nitriles is 1. The van der Waals surface area contributed by atoms with Crippen LogP contribution in [-0.2, 0) is 11.3 Å². The molecule has 2 fully saturated rings. The summed E-state index contributed by atoms with van der Waals surface area (Å²) >= 11 is 0. The summed E-state index contributed by atoms with van der Waals surface area (Å²) in [5, 5.41) is 13.7. The van der Waals surface area contributed by atoms with E-state index in [1.54, 1.807) is 4.68 Å². The molecule has 1 unspecified atom stereocenters. The Bertz CT molecular complexity index is 583. The monoisotopic (exact) mass is 287 g/mol. The maximum Gasteiger partial charge on any atom is 0.244 e. The number of rotatable bonds is 3. The molecule has 1 atom stereocenters. The van der Waals surface area contributed by atoms with Crippen molar-refractivity contribution < 1.29 is 4.79 Å². The third kappa shape index (κ3) is 2.93. The van der Waals surface area contributed by atoms with Crippen molar-refractivity contribution in [2.24, 2.45) is 0 Å². The summed E-state index contributed by atoms with van der Waals surface area (Å²) in [7, 11) is 0. The smallest absolute Gasteiger partial charge is 0.244 e. The molecule has 1 saturated heterocycles. The van der Waals surface area contributed by atoms with Gasteiger partial charge >= 0.3 is 0 Å². The molecular weight excluding hydrogens is 266 g/mol. The van der Waals surface area contributed by atoms with Gasteiger partial charge in [0.15, 0.2) is 0 Å². The van der Waals surface area contributed by atoms with E-state index >= 15 is 0 Å². The van der Waals surface area contributed by atoms with Gasteiger partial charge < -0.3 is 4.90 Å². The van der Waals surface area contributed by atoms with Gasteiger partial charge in [0.05, 0.1) is 11.8 Å². The zero-order chi connectivity index (χ0) is 15.0. The number of aryl methyl sites for hydroxylation is 2. The van der Waals surface area contributed by atoms with Gasteiger partial charge in [-0.15, -0.1) is 0 Å². The third-order valence-corrected chi connectivity index (χ3v) is 4.33. The highest BCUT2D eigenvalue weighted by atomic mass is 16.2. The number of carbonyl (C=O) groups is 1. The van der Waals surface area contributed by atoms with Gasteiger partial charge in [-0.25, -0.2) is 0 Å². The fourth-order valence-corrected chi connectivity index (χ4v) is 3.04. The Labute approximate surface area is 124 Å². The normalized spacial score (nSPS) is 23.1. The number of hydrogen-bond acceptors (Lipinski definition) is 4. The van der Waals surface area contributed by atoms with E-state index in [9.17, 15) is 10.1 Å². The lowest BCUT2D eigenvalue weighted by atomic mass is 10.1.